The first-order chi connectivity index (χ1) is 11.6. The van der Waals surface area contributed by atoms with Gasteiger partial charge >= 0.3 is 0 Å². The lowest BCUT2D eigenvalue weighted by atomic mass is 9.80. The minimum Gasteiger partial charge on any atom is -0.391 e. The fourth-order valence-electron chi connectivity index (χ4n) is 3.10. The van der Waals surface area contributed by atoms with Gasteiger partial charge in [0.1, 0.15) is 0 Å². The number of aliphatic hydroxyl groups excluding tert-OH is 1. The summed E-state index contributed by atoms with van der Waals surface area (Å²) in [7, 11) is 0. The third-order valence-electron chi connectivity index (χ3n) is 4.50. The number of nitrogens with one attached hydrogen (secondary N) is 1. The summed E-state index contributed by atoms with van der Waals surface area (Å²) in [5.74, 6) is 0.309. The summed E-state index contributed by atoms with van der Waals surface area (Å²) >= 11 is 16.8. The summed E-state index contributed by atoms with van der Waals surface area (Å²) in [6.45, 7) is 8.28. The van der Waals surface area contributed by atoms with Crippen LogP contribution in [0.15, 0.2) is 23.2 Å². The summed E-state index contributed by atoms with van der Waals surface area (Å²) in [6, 6.07) is 5.48. The van der Waals surface area contributed by atoms with E-state index in [1.165, 1.54) is 0 Å². The van der Waals surface area contributed by atoms with Crippen LogP contribution in [0.4, 0.5) is 0 Å². The molecule has 0 spiro atoms. The van der Waals surface area contributed by atoms with Crippen molar-refractivity contribution in [2.75, 3.05) is 0 Å². The van der Waals surface area contributed by atoms with Crippen molar-refractivity contribution in [3.63, 3.8) is 0 Å². The van der Waals surface area contributed by atoms with Crippen LogP contribution in [0, 0.1) is 11.3 Å². The highest BCUT2D eigenvalue weighted by Gasteiger charge is 2.38. The van der Waals surface area contributed by atoms with Crippen LogP contribution in [0.3, 0.4) is 0 Å². The van der Waals surface area contributed by atoms with E-state index in [0.29, 0.717) is 16.0 Å². The fraction of sp³-hybridized carbons (Fsp3) is 0.611. The summed E-state index contributed by atoms with van der Waals surface area (Å²) in [5, 5.41) is 14.2. The van der Waals surface area contributed by atoms with Crippen molar-refractivity contribution in [3.05, 3.63) is 33.8 Å². The maximum absolute atomic E-state index is 10.9. The Bertz CT molecular complexity index is 619. The SMILES string of the molecule is C[C@@H](Cc1ccc(Cl)cc1Cl)C[C@H]([C@@H](O)C(C)(C)C)N1NC=NC1S. The van der Waals surface area contributed by atoms with Gasteiger partial charge in [-0.25, -0.2) is 4.99 Å². The number of aliphatic hydroxyl groups is 1. The third-order valence-corrected chi connectivity index (χ3v) is 5.47. The highest BCUT2D eigenvalue weighted by molar-refractivity contribution is 7.80. The van der Waals surface area contributed by atoms with Gasteiger partial charge in [-0.15, -0.1) is 12.6 Å². The van der Waals surface area contributed by atoms with E-state index < -0.39 is 6.10 Å². The molecule has 1 aromatic carbocycles. The van der Waals surface area contributed by atoms with E-state index in [2.05, 4.69) is 30.0 Å². The number of thiol groups is 1. The van der Waals surface area contributed by atoms with Gasteiger partial charge < -0.3 is 10.5 Å². The molecular weight excluding hydrogens is 377 g/mol. The van der Waals surface area contributed by atoms with Crippen molar-refractivity contribution in [1.29, 1.82) is 0 Å². The topological polar surface area (TPSA) is 47.9 Å². The van der Waals surface area contributed by atoms with Gasteiger partial charge in [0, 0.05) is 10.0 Å². The molecule has 1 aromatic rings. The van der Waals surface area contributed by atoms with Crippen LogP contribution in [0.1, 0.15) is 39.7 Å². The van der Waals surface area contributed by atoms with E-state index in [1.54, 1.807) is 12.4 Å². The molecule has 1 heterocycles. The Hall–Kier alpha value is -0.460. The number of halogens is 2. The second kappa shape index (κ2) is 8.49. The van der Waals surface area contributed by atoms with Crippen LogP contribution in [0.25, 0.3) is 0 Å². The smallest absolute Gasteiger partial charge is 0.165 e. The van der Waals surface area contributed by atoms with Crippen molar-refractivity contribution in [2.24, 2.45) is 16.3 Å². The molecule has 1 aliphatic heterocycles. The Morgan fingerprint density at radius 3 is 2.56 bits per heavy atom. The number of rotatable bonds is 6. The highest BCUT2D eigenvalue weighted by Crippen LogP contribution is 2.31. The summed E-state index contributed by atoms with van der Waals surface area (Å²) in [4.78, 5) is 4.23. The zero-order chi connectivity index (χ0) is 18.8. The standard InChI is InChI=1S/C18H27Cl2N3OS/c1-11(7-12-5-6-13(19)9-14(12)20)8-15(16(24)18(2,3)4)23-17(25)21-10-22-23/h5-6,9-11,15-17,24-25H,7-8H2,1-4H3,(H,21,22)/t11-,15+,16+,17?/m0/s1. The molecule has 0 saturated carbocycles. The van der Waals surface area contributed by atoms with E-state index in [0.717, 1.165) is 18.4 Å². The second-order valence-corrected chi connectivity index (χ2v) is 9.13. The molecule has 0 aromatic heterocycles. The third kappa shape index (κ3) is 5.51. The van der Waals surface area contributed by atoms with Crippen LogP contribution in [0.5, 0.6) is 0 Å². The number of hydrazine groups is 1. The molecule has 4 atom stereocenters. The average Bonchev–Trinajstić information content (AvgIpc) is 2.92. The predicted octanol–water partition coefficient (Wildman–Crippen LogP) is 4.40. The van der Waals surface area contributed by atoms with E-state index in [4.69, 9.17) is 23.2 Å². The van der Waals surface area contributed by atoms with Crippen LogP contribution in [-0.4, -0.2) is 34.1 Å². The van der Waals surface area contributed by atoms with Gasteiger partial charge in [0.05, 0.1) is 18.5 Å². The molecule has 2 N–H and O–H groups in total. The number of nitrogens with zero attached hydrogens (tertiary/aromatic N) is 2. The normalized spacial score (nSPS) is 21.8. The lowest BCUT2D eigenvalue weighted by Gasteiger charge is -2.40. The van der Waals surface area contributed by atoms with Crippen molar-refractivity contribution in [1.82, 2.24) is 10.4 Å². The van der Waals surface area contributed by atoms with E-state index in [9.17, 15) is 5.11 Å². The summed E-state index contributed by atoms with van der Waals surface area (Å²) in [5.41, 5.74) is 3.63. The molecule has 25 heavy (non-hydrogen) atoms. The first kappa shape index (κ1) is 20.8. The van der Waals surface area contributed by atoms with Crippen LogP contribution in [-0.2, 0) is 6.42 Å². The maximum atomic E-state index is 10.9. The van der Waals surface area contributed by atoms with Gasteiger partial charge in [-0.1, -0.05) is 57.0 Å². The van der Waals surface area contributed by atoms with Gasteiger partial charge in [-0.3, -0.25) is 0 Å². The number of aliphatic imine (C=N–C) groups is 1. The number of benzene rings is 1. The average molecular weight is 404 g/mol. The van der Waals surface area contributed by atoms with Gasteiger partial charge in [0.15, 0.2) is 5.50 Å². The first-order valence-electron chi connectivity index (χ1n) is 8.46. The molecule has 140 valence electrons. The molecule has 1 aliphatic rings. The van der Waals surface area contributed by atoms with Crippen LogP contribution in [0.2, 0.25) is 10.0 Å². The monoisotopic (exact) mass is 403 g/mol. The van der Waals surface area contributed by atoms with Crippen molar-refractivity contribution in [3.8, 4) is 0 Å². The lowest BCUT2D eigenvalue weighted by Crippen LogP contribution is -2.54. The van der Waals surface area contributed by atoms with Crippen LogP contribution < -0.4 is 5.43 Å². The van der Waals surface area contributed by atoms with Crippen molar-refractivity contribution >= 4 is 42.2 Å². The number of hydrogen-bond acceptors (Lipinski definition) is 5. The zero-order valence-corrected chi connectivity index (χ0v) is 17.5. The molecule has 0 fully saturated rings. The second-order valence-electron chi connectivity index (χ2n) is 7.82. The Morgan fingerprint density at radius 2 is 2.04 bits per heavy atom. The molecule has 2 rings (SSSR count). The largest absolute Gasteiger partial charge is 0.391 e. The van der Waals surface area contributed by atoms with E-state index >= 15 is 0 Å². The molecule has 1 unspecified atom stereocenters. The summed E-state index contributed by atoms with van der Waals surface area (Å²) < 4.78 is 0. The Balaban J connectivity index is 2.12. The Kier molecular flexibility index (Phi) is 7.08. The van der Waals surface area contributed by atoms with Gasteiger partial charge in [0.2, 0.25) is 0 Å². The molecule has 0 aliphatic carbocycles. The zero-order valence-electron chi connectivity index (χ0n) is 15.1. The van der Waals surface area contributed by atoms with Gasteiger partial charge in [-0.2, -0.15) is 5.01 Å². The van der Waals surface area contributed by atoms with E-state index in [1.807, 2.05) is 37.9 Å². The predicted molar refractivity (Wildman–Crippen MR) is 109 cm³/mol. The Labute approximate surface area is 166 Å². The molecule has 0 saturated heterocycles. The van der Waals surface area contributed by atoms with Gasteiger partial charge in [-0.05, 0) is 41.9 Å². The quantitative estimate of drug-likeness (QED) is 0.616. The first-order valence-corrected chi connectivity index (χ1v) is 9.73. The summed E-state index contributed by atoms with van der Waals surface area (Å²) in [6.07, 6.45) is 2.69. The Morgan fingerprint density at radius 1 is 1.36 bits per heavy atom. The molecule has 0 amide bonds. The lowest BCUT2D eigenvalue weighted by molar-refractivity contribution is -0.0369. The van der Waals surface area contributed by atoms with E-state index in [-0.39, 0.29) is 17.0 Å². The fourth-order valence-corrected chi connectivity index (χ4v) is 3.89. The maximum Gasteiger partial charge on any atom is 0.165 e. The molecule has 0 radical (unpaired) electrons. The molecule has 4 nitrogen and oxygen atoms in total. The minimum atomic E-state index is -0.528. The molecule has 7 heteroatoms. The minimum absolute atomic E-state index is 0.119. The molecular formula is C18H27Cl2N3OS. The van der Waals surface area contributed by atoms with Crippen molar-refractivity contribution in [2.45, 2.75) is 58.2 Å². The highest BCUT2D eigenvalue weighted by atomic mass is 35.5. The van der Waals surface area contributed by atoms with Crippen molar-refractivity contribution < 1.29 is 5.11 Å². The van der Waals surface area contributed by atoms with Crippen LogP contribution >= 0.6 is 35.8 Å². The molecule has 0 bridgehead atoms. The van der Waals surface area contributed by atoms with Gasteiger partial charge in [0.25, 0.3) is 0 Å². The number of hydrogen-bond donors (Lipinski definition) is 3.